The molecule has 0 radical (unpaired) electrons. The van der Waals surface area contributed by atoms with Crippen molar-refractivity contribution in [2.45, 2.75) is 13.2 Å². The van der Waals surface area contributed by atoms with Gasteiger partial charge in [0.1, 0.15) is 12.4 Å². The number of H-pyrrole nitrogens is 1. The summed E-state index contributed by atoms with van der Waals surface area (Å²) in [6.07, 6.45) is -0.659. The predicted molar refractivity (Wildman–Crippen MR) is 83.6 cm³/mol. The first kappa shape index (κ1) is 15.6. The Morgan fingerprint density at radius 1 is 1.17 bits per heavy atom. The Bertz CT molecular complexity index is 928. The van der Waals surface area contributed by atoms with Crippen LogP contribution in [-0.2, 0) is 17.9 Å². The second-order valence-electron chi connectivity index (χ2n) is 4.93. The number of fused-ring (bicyclic) bond motifs is 1. The average molecular weight is 328 g/mol. The number of nitrogens with zero attached hydrogens (tertiary/aromatic N) is 2. The van der Waals surface area contributed by atoms with Crippen molar-refractivity contribution in [3.8, 4) is 0 Å². The van der Waals surface area contributed by atoms with Crippen LogP contribution in [0.25, 0.3) is 11.0 Å². The molecule has 122 valence electrons. The van der Waals surface area contributed by atoms with Gasteiger partial charge in [0.2, 0.25) is 5.95 Å². The van der Waals surface area contributed by atoms with Crippen LogP contribution in [0.2, 0.25) is 0 Å². The summed E-state index contributed by atoms with van der Waals surface area (Å²) in [4.78, 5) is 33.6. The summed E-state index contributed by atoms with van der Waals surface area (Å²) in [6.45, 7) is 0.0537. The highest BCUT2D eigenvalue weighted by Gasteiger charge is 2.08. The number of carbonyl (C=O) groups excluding carboxylic acids is 1. The van der Waals surface area contributed by atoms with Gasteiger partial charge in [-0.1, -0.05) is 30.3 Å². The number of hydrogen-bond donors (Lipinski definition) is 2. The lowest BCUT2D eigenvalue weighted by atomic mass is 10.2. The van der Waals surface area contributed by atoms with E-state index >= 15 is 0 Å². The maximum Gasteiger partial charge on any atom is 0.407 e. The van der Waals surface area contributed by atoms with Crippen LogP contribution in [0.15, 0.2) is 47.3 Å². The number of rotatable bonds is 4. The number of benzene rings is 1. The molecule has 2 N–H and O–H groups in total. The number of alkyl carbamates (subject to hydrolysis) is 1. The predicted octanol–water partition coefficient (Wildman–Crippen LogP) is 1.88. The standard InChI is InChI=1S/C16H13FN4O3/c17-12-7-6-11-14(19-12)20-13(21-15(11)22)8-18-16(23)24-9-10-4-2-1-3-5-10/h1-7H,8-9H2,(H,18,23)(H,19,20,21,22). The van der Waals surface area contributed by atoms with Crippen LogP contribution in [-0.4, -0.2) is 21.0 Å². The third kappa shape index (κ3) is 3.72. The molecule has 2 aromatic heterocycles. The molecule has 0 saturated heterocycles. The van der Waals surface area contributed by atoms with Crippen LogP contribution in [0.5, 0.6) is 0 Å². The molecule has 0 aliphatic heterocycles. The maximum absolute atomic E-state index is 13.1. The molecule has 0 fully saturated rings. The maximum atomic E-state index is 13.1. The van der Waals surface area contributed by atoms with Gasteiger partial charge in [0, 0.05) is 0 Å². The Labute approximate surface area is 135 Å². The molecule has 1 amide bonds. The minimum atomic E-state index is -0.734. The third-order valence-corrected chi connectivity index (χ3v) is 3.20. The molecular weight excluding hydrogens is 315 g/mol. The molecule has 24 heavy (non-hydrogen) atoms. The molecule has 0 aliphatic carbocycles. The number of carbonyl (C=O) groups is 1. The third-order valence-electron chi connectivity index (χ3n) is 3.20. The SMILES string of the molecule is O=C(NCc1nc2nc(F)ccc2c(=O)[nH]1)OCc1ccccc1. The van der Waals surface area contributed by atoms with Crippen molar-refractivity contribution in [2.24, 2.45) is 0 Å². The van der Waals surface area contributed by atoms with Crippen LogP contribution in [0, 0.1) is 5.95 Å². The lowest BCUT2D eigenvalue weighted by Crippen LogP contribution is -2.26. The van der Waals surface area contributed by atoms with E-state index in [2.05, 4.69) is 20.3 Å². The topological polar surface area (TPSA) is 97.0 Å². The van der Waals surface area contributed by atoms with Crippen molar-refractivity contribution in [3.05, 3.63) is 70.2 Å². The van der Waals surface area contributed by atoms with Gasteiger partial charge in [-0.3, -0.25) is 4.79 Å². The van der Waals surface area contributed by atoms with Crippen LogP contribution >= 0.6 is 0 Å². The number of hydrogen-bond acceptors (Lipinski definition) is 5. The Balaban J connectivity index is 1.63. The fourth-order valence-corrected chi connectivity index (χ4v) is 2.06. The number of ether oxygens (including phenoxy) is 1. The number of aromatic nitrogens is 3. The summed E-state index contributed by atoms with van der Waals surface area (Å²) in [7, 11) is 0. The van der Waals surface area contributed by atoms with E-state index in [4.69, 9.17) is 4.74 Å². The van der Waals surface area contributed by atoms with E-state index in [1.807, 2.05) is 30.3 Å². The van der Waals surface area contributed by atoms with E-state index in [-0.39, 0.29) is 30.0 Å². The molecule has 0 bridgehead atoms. The lowest BCUT2D eigenvalue weighted by Gasteiger charge is -2.07. The number of halogens is 1. The molecule has 3 aromatic rings. The zero-order valence-corrected chi connectivity index (χ0v) is 12.5. The van der Waals surface area contributed by atoms with Crippen molar-refractivity contribution in [1.82, 2.24) is 20.3 Å². The minimum absolute atomic E-state index is 0.0202. The van der Waals surface area contributed by atoms with Gasteiger partial charge in [-0.2, -0.15) is 9.37 Å². The number of amides is 1. The molecule has 3 rings (SSSR count). The van der Waals surface area contributed by atoms with Gasteiger partial charge in [0.05, 0.1) is 11.9 Å². The van der Waals surface area contributed by atoms with Gasteiger partial charge in [-0.25, -0.2) is 9.78 Å². The Morgan fingerprint density at radius 2 is 1.96 bits per heavy atom. The summed E-state index contributed by atoms with van der Waals surface area (Å²) < 4.78 is 18.2. The Morgan fingerprint density at radius 3 is 2.75 bits per heavy atom. The summed E-state index contributed by atoms with van der Waals surface area (Å²) in [6, 6.07) is 11.6. The van der Waals surface area contributed by atoms with Crippen molar-refractivity contribution < 1.29 is 13.9 Å². The van der Waals surface area contributed by atoms with Gasteiger partial charge in [-0.05, 0) is 17.7 Å². The van der Waals surface area contributed by atoms with Crippen molar-refractivity contribution >= 4 is 17.1 Å². The highest BCUT2D eigenvalue weighted by molar-refractivity contribution is 5.73. The highest BCUT2D eigenvalue weighted by Crippen LogP contribution is 2.05. The van der Waals surface area contributed by atoms with Gasteiger partial charge in [0.15, 0.2) is 5.65 Å². The molecule has 8 heteroatoms. The van der Waals surface area contributed by atoms with Crippen molar-refractivity contribution in [2.75, 3.05) is 0 Å². The zero-order valence-electron chi connectivity index (χ0n) is 12.5. The van der Waals surface area contributed by atoms with Crippen LogP contribution < -0.4 is 10.9 Å². The average Bonchev–Trinajstić information content (AvgIpc) is 2.58. The van der Waals surface area contributed by atoms with E-state index in [1.54, 1.807) is 0 Å². The molecule has 0 saturated carbocycles. The van der Waals surface area contributed by atoms with Gasteiger partial charge in [-0.15, -0.1) is 0 Å². The lowest BCUT2D eigenvalue weighted by molar-refractivity contribution is 0.139. The first-order valence-corrected chi connectivity index (χ1v) is 7.12. The quantitative estimate of drug-likeness (QED) is 0.713. The normalized spacial score (nSPS) is 10.5. The minimum Gasteiger partial charge on any atom is -0.445 e. The number of pyridine rings is 1. The van der Waals surface area contributed by atoms with E-state index in [1.165, 1.54) is 6.07 Å². The van der Waals surface area contributed by atoms with Crippen molar-refractivity contribution in [3.63, 3.8) is 0 Å². The Kier molecular flexibility index (Phi) is 4.46. The highest BCUT2D eigenvalue weighted by atomic mass is 19.1. The number of nitrogens with one attached hydrogen (secondary N) is 2. The number of aromatic amines is 1. The van der Waals surface area contributed by atoms with Gasteiger partial charge >= 0.3 is 6.09 Å². The zero-order chi connectivity index (χ0) is 16.9. The van der Waals surface area contributed by atoms with Gasteiger partial charge < -0.3 is 15.0 Å². The summed E-state index contributed by atoms with van der Waals surface area (Å²) >= 11 is 0. The van der Waals surface area contributed by atoms with E-state index in [9.17, 15) is 14.0 Å². The smallest absolute Gasteiger partial charge is 0.407 e. The first-order valence-electron chi connectivity index (χ1n) is 7.12. The van der Waals surface area contributed by atoms with Gasteiger partial charge in [0.25, 0.3) is 5.56 Å². The fourth-order valence-electron chi connectivity index (χ4n) is 2.06. The fraction of sp³-hybridized carbons (Fsp3) is 0.125. The second-order valence-corrected chi connectivity index (χ2v) is 4.93. The molecule has 0 atom stereocenters. The van der Waals surface area contributed by atoms with E-state index in [0.29, 0.717) is 0 Å². The Hall–Kier alpha value is -3.29. The molecule has 0 unspecified atom stereocenters. The van der Waals surface area contributed by atoms with Crippen LogP contribution in [0.4, 0.5) is 9.18 Å². The molecule has 2 heterocycles. The molecular formula is C16H13FN4O3. The second kappa shape index (κ2) is 6.86. The molecule has 7 nitrogen and oxygen atoms in total. The summed E-state index contributed by atoms with van der Waals surface area (Å²) in [5, 5.41) is 2.63. The molecule has 1 aromatic carbocycles. The van der Waals surface area contributed by atoms with E-state index < -0.39 is 17.6 Å². The molecule has 0 spiro atoms. The van der Waals surface area contributed by atoms with E-state index in [0.717, 1.165) is 11.6 Å². The largest absolute Gasteiger partial charge is 0.445 e. The summed E-state index contributed by atoms with van der Waals surface area (Å²) in [5.41, 5.74) is 0.375. The monoisotopic (exact) mass is 328 g/mol. The molecule has 0 aliphatic rings. The van der Waals surface area contributed by atoms with Crippen LogP contribution in [0.1, 0.15) is 11.4 Å². The van der Waals surface area contributed by atoms with Crippen molar-refractivity contribution in [1.29, 1.82) is 0 Å². The van der Waals surface area contributed by atoms with Crippen LogP contribution in [0.3, 0.4) is 0 Å². The summed E-state index contributed by atoms with van der Waals surface area (Å²) in [5.74, 6) is -0.580. The first-order chi connectivity index (χ1) is 11.6.